The van der Waals surface area contributed by atoms with Gasteiger partial charge in [-0.25, -0.2) is 0 Å². The molecule has 2 atom stereocenters. The van der Waals surface area contributed by atoms with E-state index in [2.05, 4.69) is 16.7 Å². The Bertz CT molecular complexity index is 432. The van der Waals surface area contributed by atoms with Crippen molar-refractivity contribution in [2.24, 2.45) is 0 Å². The Hall–Kier alpha value is -0.690. The number of rotatable bonds is 6. The lowest BCUT2D eigenvalue weighted by Gasteiger charge is -2.44. The van der Waals surface area contributed by atoms with E-state index in [1.807, 2.05) is 11.8 Å². The lowest BCUT2D eigenvalue weighted by molar-refractivity contribution is -0.197. The summed E-state index contributed by atoms with van der Waals surface area (Å²) < 4.78 is 5.29. The monoisotopic (exact) mass is 353 g/mol. The Kier molecular flexibility index (Phi) is 6.72. The van der Waals surface area contributed by atoms with E-state index < -0.39 is 6.41 Å². The van der Waals surface area contributed by atoms with E-state index in [0.717, 1.165) is 71.1 Å². The van der Waals surface area contributed by atoms with Crippen molar-refractivity contribution in [3.63, 3.8) is 0 Å². The number of ether oxygens (including phenoxy) is 1. The molecule has 1 N–H and O–H groups in total. The minimum absolute atomic E-state index is 0.378. The van der Waals surface area contributed by atoms with E-state index in [4.69, 9.17) is 4.74 Å². The van der Waals surface area contributed by atoms with E-state index in [-0.39, 0.29) is 0 Å². The van der Waals surface area contributed by atoms with Gasteiger partial charge in [-0.15, -0.1) is 0 Å². The van der Waals surface area contributed by atoms with Gasteiger partial charge in [-0.1, -0.05) is 6.92 Å². The fourth-order valence-corrected chi connectivity index (χ4v) is 4.92. The number of aliphatic hydroxyl groups excluding tert-OH is 1. The molecule has 1 amide bonds. The molecule has 0 saturated carbocycles. The van der Waals surface area contributed by atoms with Crippen LogP contribution in [0.3, 0.4) is 0 Å². The summed E-state index contributed by atoms with van der Waals surface area (Å²) in [4.78, 5) is 19.1. The third-order valence-corrected chi connectivity index (χ3v) is 6.38. The summed E-state index contributed by atoms with van der Waals surface area (Å²) in [6.07, 6.45) is 6.56. The highest BCUT2D eigenvalue weighted by atomic mass is 16.6. The summed E-state index contributed by atoms with van der Waals surface area (Å²) in [5, 5.41) is 9.95. The Labute approximate surface area is 152 Å². The van der Waals surface area contributed by atoms with Gasteiger partial charge in [-0.3, -0.25) is 9.69 Å². The average molecular weight is 354 g/mol. The van der Waals surface area contributed by atoms with E-state index in [0.29, 0.717) is 30.6 Å². The number of aliphatic hydroxyl groups is 1. The van der Waals surface area contributed by atoms with Crippen LogP contribution in [0.15, 0.2) is 0 Å². The maximum absolute atomic E-state index is 12.3. The zero-order chi connectivity index (χ0) is 17.8. The van der Waals surface area contributed by atoms with Gasteiger partial charge in [0.25, 0.3) is 0 Å². The number of likely N-dealkylation sites (tertiary alicyclic amines) is 3. The second-order valence-electron chi connectivity index (χ2n) is 7.72. The number of nitrogens with zero attached hydrogens (tertiary/aromatic N) is 3. The van der Waals surface area contributed by atoms with Crippen LogP contribution >= 0.6 is 0 Å². The van der Waals surface area contributed by atoms with Crippen molar-refractivity contribution in [3.05, 3.63) is 0 Å². The largest absolute Gasteiger partial charge is 0.356 e. The first-order valence-electron chi connectivity index (χ1n) is 10.2. The predicted octanol–water partition coefficient (Wildman–Crippen LogP) is 1.63. The van der Waals surface area contributed by atoms with Gasteiger partial charge in [0, 0.05) is 57.3 Å². The number of carbonyl (C=O) groups excluding carboxylic acids is 1. The number of piperidine rings is 2. The molecule has 6 heteroatoms. The molecule has 3 heterocycles. The van der Waals surface area contributed by atoms with Crippen LogP contribution < -0.4 is 0 Å². The molecule has 0 aromatic heterocycles. The standard InChI is InChI=1S/C19H35N3O3/c1-3-15-5-6-18(23)22(15)17-9-11-20(12-10-17)16-7-13-21(14-8-16)19(24)25-4-2/h15-17,19,24H,3-14H2,1-2H3/t15-,19?/m0/s1. The van der Waals surface area contributed by atoms with Gasteiger partial charge < -0.3 is 19.6 Å². The van der Waals surface area contributed by atoms with Crippen LogP contribution in [0.25, 0.3) is 0 Å². The number of hydrogen-bond acceptors (Lipinski definition) is 5. The molecule has 144 valence electrons. The molecule has 0 bridgehead atoms. The summed E-state index contributed by atoms with van der Waals surface area (Å²) in [6, 6.07) is 1.55. The molecular formula is C19H35N3O3. The maximum atomic E-state index is 12.3. The number of carbonyl (C=O) groups is 1. The van der Waals surface area contributed by atoms with E-state index >= 15 is 0 Å². The first-order chi connectivity index (χ1) is 12.1. The van der Waals surface area contributed by atoms with Crippen molar-refractivity contribution in [1.29, 1.82) is 0 Å². The first kappa shape index (κ1) is 19.1. The zero-order valence-electron chi connectivity index (χ0n) is 15.9. The van der Waals surface area contributed by atoms with Crippen LogP contribution in [0.4, 0.5) is 0 Å². The molecule has 0 aromatic rings. The van der Waals surface area contributed by atoms with Crippen molar-refractivity contribution >= 4 is 5.91 Å². The third kappa shape index (κ3) is 4.35. The molecule has 3 aliphatic rings. The van der Waals surface area contributed by atoms with E-state index in [1.165, 1.54) is 0 Å². The number of amides is 1. The minimum Gasteiger partial charge on any atom is -0.356 e. The van der Waals surface area contributed by atoms with Crippen molar-refractivity contribution in [1.82, 2.24) is 14.7 Å². The van der Waals surface area contributed by atoms with Crippen molar-refractivity contribution in [2.45, 2.75) is 83.3 Å². The lowest BCUT2D eigenvalue weighted by Crippen LogP contribution is -2.53. The summed E-state index contributed by atoms with van der Waals surface area (Å²) in [7, 11) is 0. The van der Waals surface area contributed by atoms with Crippen LogP contribution in [0, 0.1) is 0 Å². The Balaban J connectivity index is 1.45. The third-order valence-electron chi connectivity index (χ3n) is 6.38. The molecule has 25 heavy (non-hydrogen) atoms. The van der Waals surface area contributed by atoms with Crippen molar-refractivity contribution < 1.29 is 14.6 Å². The van der Waals surface area contributed by atoms with E-state index in [9.17, 15) is 9.90 Å². The number of hydrogen-bond donors (Lipinski definition) is 1. The molecular weight excluding hydrogens is 318 g/mol. The van der Waals surface area contributed by atoms with Gasteiger partial charge in [0.1, 0.15) is 0 Å². The summed E-state index contributed by atoms with van der Waals surface area (Å²) in [5.74, 6) is 0.378. The van der Waals surface area contributed by atoms with Gasteiger partial charge >= 0.3 is 0 Å². The van der Waals surface area contributed by atoms with Gasteiger partial charge in [0.05, 0.1) is 0 Å². The van der Waals surface area contributed by atoms with Gasteiger partial charge in [-0.05, 0) is 45.4 Å². The normalized spacial score (nSPS) is 29.5. The summed E-state index contributed by atoms with van der Waals surface area (Å²) in [6.45, 7) is 8.66. The Morgan fingerprint density at radius 1 is 1.04 bits per heavy atom. The van der Waals surface area contributed by atoms with Gasteiger partial charge in [0.15, 0.2) is 0 Å². The predicted molar refractivity (Wildman–Crippen MR) is 97.0 cm³/mol. The quantitative estimate of drug-likeness (QED) is 0.736. The van der Waals surface area contributed by atoms with Crippen LogP contribution in [-0.4, -0.2) is 83.0 Å². The fourth-order valence-electron chi connectivity index (χ4n) is 4.92. The first-order valence-corrected chi connectivity index (χ1v) is 10.2. The topological polar surface area (TPSA) is 56.3 Å². The highest BCUT2D eigenvalue weighted by molar-refractivity contribution is 5.79. The molecule has 0 aromatic carbocycles. The average Bonchev–Trinajstić information content (AvgIpc) is 3.03. The maximum Gasteiger partial charge on any atom is 0.223 e. The molecule has 3 fully saturated rings. The van der Waals surface area contributed by atoms with Crippen LogP contribution in [0.1, 0.15) is 58.8 Å². The second kappa shape index (κ2) is 8.80. The molecule has 0 radical (unpaired) electrons. The highest BCUT2D eigenvalue weighted by Crippen LogP contribution is 2.30. The van der Waals surface area contributed by atoms with Crippen LogP contribution in [-0.2, 0) is 9.53 Å². The summed E-state index contributed by atoms with van der Waals surface area (Å²) in [5.41, 5.74) is 0. The molecule has 3 rings (SSSR count). The molecule has 1 unspecified atom stereocenters. The summed E-state index contributed by atoms with van der Waals surface area (Å²) >= 11 is 0. The zero-order valence-corrected chi connectivity index (χ0v) is 15.9. The smallest absolute Gasteiger partial charge is 0.223 e. The van der Waals surface area contributed by atoms with Crippen molar-refractivity contribution in [2.75, 3.05) is 32.8 Å². The Morgan fingerprint density at radius 3 is 2.28 bits per heavy atom. The lowest BCUT2D eigenvalue weighted by atomic mass is 9.96. The second-order valence-corrected chi connectivity index (χ2v) is 7.72. The molecule has 0 aliphatic carbocycles. The highest BCUT2D eigenvalue weighted by Gasteiger charge is 2.38. The molecule has 3 aliphatic heterocycles. The van der Waals surface area contributed by atoms with E-state index in [1.54, 1.807) is 0 Å². The SMILES string of the molecule is CCOC(O)N1CCC(N2CCC(N3C(=O)CC[C@@H]3CC)CC2)CC1. The van der Waals surface area contributed by atoms with Crippen LogP contribution in [0.5, 0.6) is 0 Å². The Morgan fingerprint density at radius 2 is 1.68 bits per heavy atom. The van der Waals surface area contributed by atoms with Crippen molar-refractivity contribution in [3.8, 4) is 0 Å². The molecule has 3 saturated heterocycles. The molecule has 0 spiro atoms. The fraction of sp³-hybridized carbons (Fsp3) is 0.947. The van der Waals surface area contributed by atoms with Gasteiger partial charge in [-0.2, -0.15) is 0 Å². The minimum atomic E-state index is -0.746. The van der Waals surface area contributed by atoms with Crippen LogP contribution in [0.2, 0.25) is 0 Å². The molecule has 6 nitrogen and oxygen atoms in total. The van der Waals surface area contributed by atoms with Gasteiger partial charge in [0.2, 0.25) is 12.3 Å².